The fourth-order valence-corrected chi connectivity index (χ4v) is 2.61. The lowest BCUT2D eigenvalue weighted by atomic mass is 9.89. The summed E-state index contributed by atoms with van der Waals surface area (Å²) < 4.78 is 0.721. The Morgan fingerprint density at radius 1 is 1.44 bits per heavy atom. The van der Waals surface area contributed by atoms with E-state index in [-0.39, 0.29) is 0 Å². The standard InChI is InChI=1S/C11H17BrN4/c1-11(4-2-3-5-11)7-14-10-15-8(12)6-9(13)16-10/h6H,2-5,7H2,1H3,(H3,13,14,15,16). The quantitative estimate of drug-likeness (QED) is 0.838. The third-order valence-corrected chi connectivity index (χ3v) is 3.60. The van der Waals surface area contributed by atoms with E-state index in [4.69, 9.17) is 5.73 Å². The molecule has 0 amide bonds. The Balaban J connectivity index is 1.98. The minimum Gasteiger partial charge on any atom is -0.383 e. The van der Waals surface area contributed by atoms with Gasteiger partial charge >= 0.3 is 0 Å². The van der Waals surface area contributed by atoms with Gasteiger partial charge in [0, 0.05) is 12.6 Å². The van der Waals surface area contributed by atoms with Crippen molar-refractivity contribution in [2.75, 3.05) is 17.6 Å². The van der Waals surface area contributed by atoms with Gasteiger partial charge in [0.15, 0.2) is 0 Å². The molecule has 0 atom stereocenters. The van der Waals surface area contributed by atoms with Gasteiger partial charge < -0.3 is 11.1 Å². The van der Waals surface area contributed by atoms with Crippen molar-refractivity contribution in [3.63, 3.8) is 0 Å². The lowest BCUT2D eigenvalue weighted by Gasteiger charge is -2.23. The highest BCUT2D eigenvalue weighted by Gasteiger charge is 2.28. The summed E-state index contributed by atoms with van der Waals surface area (Å²) in [5, 5.41) is 3.28. The second-order valence-electron chi connectivity index (χ2n) is 4.81. The van der Waals surface area contributed by atoms with Crippen LogP contribution in [0.1, 0.15) is 32.6 Å². The van der Waals surface area contributed by atoms with Crippen molar-refractivity contribution in [2.24, 2.45) is 5.41 Å². The Morgan fingerprint density at radius 2 is 2.12 bits per heavy atom. The van der Waals surface area contributed by atoms with Gasteiger partial charge in [-0.1, -0.05) is 19.8 Å². The van der Waals surface area contributed by atoms with Crippen LogP contribution in [-0.2, 0) is 0 Å². The second kappa shape index (κ2) is 4.57. The van der Waals surface area contributed by atoms with Crippen LogP contribution in [0.3, 0.4) is 0 Å². The van der Waals surface area contributed by atoms with Gasteiger partial charge in [-0.05, 0) is 34.2 Å². The van der Waals surface area contributed by atoms with E-state index >= 15 is 0 Å². The van der Waals surface area contributed by atoms with E-state index < -0.39 is 0 Å². The molecule has 88 valence electrons. The zero-order chi connectivity index (χ0) is 11.6. The molecule has 2 rings (SSSR count). The van der Waals surface area contributed by atoms with Crippen molar-refractivity contribution in [1.82, 2.24) is 9.97 Å². The van der Waals surface area contributed by atoms with Crippen LogP contribution >= 0.6 is 15.9 Å². The fourth-order valence-electron chi connectivity index (χ4n) is 2.21. The number of nitrogens with two attached hydrogens (primary N) is 1. The van der Waals surface area contributed by atoms with Crippen LogP contribution in [0.4, 0.5) is 11.8 Å². The topological polar surface area (TPSA) is 63.8 Å². The molecule has 4 nitrogen and oxygen atoms in total. The summed E-state index contributed by atoms with van der Waals surface area (Å²) in [5.74, 6) is 1.10. The van der Waals surface area contributed by atoms with Crippen LogP contribution in [0, 0.1) is 5.41 Å². The highest BCUT2D eigenvalue weighted by atomic mass is 79.9. The maximum Gasteiger partial charge on any atom is 0.225 e. The lowest BCUT2D eigenvalue weighted by Crippen LogP contribution is -2.24. The molecule has 0 unspecified atom stereocenters. The smallest absolute Gasteiger partial charge is 0.225 e. The van der Waals surface area contributed by atoms with E-state index in [1.54, 1.807) is 6.07 Å². The minimum atomic E-state index is 0.389. The van der Waals surface area contributed by atoms with E-state index in [1.165, 1.54) is 25.7 Å². The summed E-state index contributed by atoms with van der Waals surface area (Å²) in [7, 11) is 0. The number of halogens is 1. The molecule has 1 aromatic rings. The summed E-state index contributed by atoms with van der Waals surface area (Å²) in [6, 6.07) is 1.70. The molecule has 0 saturated heterocycles. The van der Waals surface area contributed by atoms with Gasteiger partial charge in [0.1, 0.15) is 10.4 Å². The van der Waals surface area contributed by atoms with E-state index in [0.717, 1.165) is 11.1 Å². The van der Waals surface area contributed by atoms with E-state index in [9.17, 15) is 0 Å². The SMILES string of the molecule is CC1(CNc2nc(N)cc(Br)n2)CCCC1. The number of anilines is 2. The summed E-state index contributed by atoms with van der Waals surface area (Å²) in [4.78, 5) is 8.39. The minimum absolute atomic E-state index is 0.389. The molecule has 0 spiro atoms. The molecule has 0 radical (unpaired) electrons. The number of aromatic nitrogens is 2. The number of hydrogen-bond donors (Lipinski definition) is 2. The summed E-state index contributed by atoms with van der Waals surface area (Å²) in [6.07, 6.45) is 5.23. The van der Waals surface area contributed by atoms with E-state index in [2.05, 4.69) is 38.1 Å². The molecule has 16 heavy (non-hydrogen) atoms. The predicted molar refractivity (Wildman–Crippen MR) is 69.2 cm³/mol. The van der Waals surface area contributed by atoms with Gasteiger partial charge in [0.25, 0.3) is 0 Å². The average Bonchev–Trinajstić information content (AvgIpc) is 2.62. The molecule has 1 aromatic heterocycles. The van der Waals surface area contributed by atoms with Crippen LogP contribution in [-0.4, -0.2) is 16.5 Å². The molecule has 0 aliphatic heterocycles. The molecule has 1 aliphatic carbocycles. The van der Waals surface area contributed by atoms with Crippen LogP contribution < -0.4 is 11.1 Å². The number of rotatable bonds is 3. The molecule has 1 heterocycles. The molecule has 5 heteroatoms. The molecule has 1 saturated carbocycles. The number of nitrogens with zero attached hydrogens (tertiary/aromatic N) is 2. The Bertz CT molecular complexity index is 354. The first kappa shape index (κ1) is 11.6. The first-order valence-corrected chi connectivity index (χ1v) is 6.41. The molecule has 1 fully saturated rings. The van der Waals surface area contributed by atoms with Crippen LogP contribution in [0.15, 0.2) is 10.7 Å². The largest absolute Gasteiger partial charge is 0.383 e. The zero-order valence-corrected chi connectivity index (χ0v) is 11.0. The molecule has 1 aliphatic rings. The molecule has 0 aromatic carbocycles. The highest BCUT2D eigenvalue weighted by Crippen LogP contribution is 2.37. The van der Waals surface area contributed by atoms with Crippen molar-refractivity contribution in [3.8, 4) is 0 Å². The third kappa shape index (κ3) is 2.84. The summed E-state index contributed by atoms with van der Waals surface area (Å²) in [6.45, 7) is 3.23. The van der Waals surface area contributed by atoms with Crippen molar-refractivity contribution < 1.29 is 0 Å². The maximum atomic E-state index is 5.66. The Kier molecular flexibility index (Phi) is 3.33. The summed E-state index contributed by atoms with van der Waals surface area (Å²) in [5.41, 5.74) is 6.04. The van der Waals surface area contributed by atoms with Crippen molar-refractivity contribution in [2.45, 2.75) is 32.6 Å². The van der Waals surface area contributed by atoms with Crippen LogP contribution in [0.5, 0.6) is 0 Å². The van der Waals surface area contributed by atoms with Gasteiger partial charge in [-0.25, -0.2) is 4.98 Å². The van der Waals surface area contributed by atoms with Crippen molar-refractivity contribution >= 4 is 27.7 Å². The van der Waals surface area contributed by atoms with Gasteiger partial charge in [-0.3, -0.25) is 0 Å². The van der Waals surface area contributed by atoms with Gasteiger partial charge in [0.05, 0.1) is 0 Å². The van der Waals surface area contributed by atoms with E-state index in [1.807, 2.05) is 0 Å². The highest BCUT2D eigenvalue weighted by molar-refractivity contribution is 9.10. The van der Waals surface area contributed by atoms with Crippen LogP contribution in [0.2, 0.25) is 0 Å². The first-order valence-electron chi connectivity index (χ1n) is 5.61. The Morgan fingerprint density at radius 3 is 2.75 bits per heavy atom. The Hall–Kier alpha value is -0.840. The second-order valence-corrected chi connectivity index (χ2v) is 5.62. The predicted octanol–water partition coefficient (Wildman–Crippen LogP) is 2.81. The third-order valence-electron chi connectivity index (χ3n) is 3.20. The zero-order valence-electron chi connectivity index (χ0n) is 9.46. The fraction of sp³-hybridized carbons (Fsp3) is 0.636. The molecular weight excluding hydrogens is 268 g/mol. The molecule has 0 bridgehead atoms. The Labute approximate surface area is 104 Å². The van der Waals surface area contributed by atoms with Gasteiger partial charge in [0.2, 0.25) is 5.95 Å². The molecule has 3 N–H and O–H groups in total. The maximum absolute atomic E-state index is 5.66. The van der Waals surface area contributed by atoms with Gasteiger partial charge in [-0.15, -0.1) is 0 Å². The average molecular weight is 285 g/mol. The normalized spacial score (nSPS) is 18.6. The van der Waals surface area contributed by atoms with E-state index in [0.29, 0.717) is 17.2 Å². The lowest BCUT2D eigenvalue weighted by molar-refractivity contribution is 0.361. The number of nitrogens with one attached hydrogen (secondary N) is 1. The summed E-state index contributed by atoms with van der Waals surface area (Å²) >= 11 is 3.31. The van der Waals surface area contributed by atoms with Gasteiger partial charge in [-0.2, -0.15) is 4.98 Å². The van der Waals surface area contributed by atoms with Crippen molar-refractivity contribution in [1.29, 1.82) is 0 Å². The first-order chi connectivity index (χ1) is 7.57. The van der Waals surface area contributed by atoms with Crippen molar-refractivity contribution in [3.05, 3.63) is 10.7 Å². The molecular formula is C11H17BrN4. The number of hydrogen-bond acceptors (Lipinski definition) is 4. The number of nitrogen functional groups attached to an aromatic ring is 1. The monoisotopic (exact) mass is 284 g/mol. The van der Waals surface area contributed by atoms with Crippen LogP contribution in [0.25, 0.3) is 0 Å².